The van der Waals surface area contributed by atoms with Gasteiger partial charge < -0.3 is 10.6 Å². The van der Waals surface area contributed by atoms with Crippen molar-refractivity contribution in [3.8, 4) is 0 Å². The minimum Gasteiger partial charge on any atom is -0.343 e. The molecule has 0 aliphatic carbocycles. The fourth-order valence-corrected chi connectivity index (χ4v) is 3.18. The number of benzene rings is 2. The number of carbonyl (C=O) groups is 2. The van der Waals surface area contributed by atoms with E-state index in [4.69, 9.17) is 11.6 Å². The van der Waals surface area contributed by atoms with Gasteiger partial charge in [-0.05, 0) is 36.4 Å². The van der Waals surface area contributed by atoms with Gasteiger partial charge in [0.1, 0.15) is 5.82 Å². The van der Waals surface area contributed by atoms with Crippen LogP contribution in [0.5, 0.6) is 0 Å². The predicted octanol–water partition coefficient (Wildman–Crippen LogP) is 2.10. The highest BCUT2D eigenvalue weighted by Crippen LogP contribution is 2.19. The lowest BCUT2D eigenvalue weighted by molar-refractivity contribution is -0.115. The van der Waals surface area contributed by atoms with E-state index < -0.39 is 27.7 Å². The Bertz CT molecular complexity index is 980. The van der Waals surface area contributed by atoms with Gasteiger partial charge in [0.15, 0.2) is 0 Å². The van der Waals surface area contributed by atoms with E-state index in [0.717, 1.165) is 10.4 Å². The summed E-state index contributed by atoms with van der Waals surface area (Å²) >= 11 is 5.63. The van der Waals surface area contributed by atoms with Crippen molar-refractivity contribution in [1.82, 2.24) is 9.62 Å². The molecule has 2 aromatic carbocycles. The fraction of sp³-hybridized carbons (Fsp3) is 0.176. The molecule has 2 N–H and O–H groups in total. The fourth-order valence-electron chi connectivity index (χ4n) is 2.05. The Morgan fingerprint density at radius 2 is 1.85 bits per heavy atom. The largest absolute Gasteiger partial charge is 0.343 e. The minimum absolute atomic E-state index is 0.0365. The summed E-state index contributed by atoms with van der Waals surface area (Å²) in [5.41, 5.74) is 0.371. The molecule has 0 heterocycles. The summed E-state index contributed by atoms with van der Waals surface area (Å²) < 4.78 is 38.4. The number of hydrogen-bond acceptors (Lipinski definition) is 4. The highest BCUT2D eigenvalue weighted by atomic mass is 35.5. The summed E-state index contributed by atoms with van der Waals surface area (Å²) in [5.74, 6) is -1.78. The normalized spacial score (nSPS) is 11.3. The summed E-state index contributed by atoms with van der Waals surface area (Å²) in [7, 11) is -0.915. The number of amides is 2. The number of sulfonamides is 1. The van der Waals surface area contributed by atoms with Gasteiger partial charge in [-0.2, -0.15) is 0 Å². The molecule has 2 aromatic rings. The molecule has 7 nitrogen and oxygen atoms in total. The zero-order valence-electron chi connectivity index (χ0n) is 14.5. The molecule has 0 radical (unpaired) electrons. The SMILES string of the molecule is CN(C)S(=O)(=O)c1cccc(C(=O)NCC(=O)Nc2ccc(F)c(Cl)c2)c1. The summed E-state index contributed by atoms with van der Waals surface area (Å²) in [6.45, 7) is -0.363. The Morgan fingerprint density at radius 3 is 2.48 bits per heavy atom. The van der Waals surface area contributed by atoms with Gasteiger partial charge in [-0.15, -0.1) is 0 Å². The maximum Gasteiger partial charge on any atom is 0.251 e. The van der Waals surface area contributed by atoms with Crippen LogP contribution in [0.15, 0.2) is 47.4 Å². The number of rotatable bonds is 6. The maximum absolute atomic E-state index is 13.1. The molecule has 0 unspecified atom stereocenters. The number of nitrogens with one attached hydrogen (secondary N) is 2. The van der Waals surface area contributed by atoms with Gasteiger partial charge in [0.25, 0.3) is 5.91 Å². The van der Waals surface area contributed by atoms with Crippen LogP contribution in [-0.2, 0) is 14.8 Å². The van der Waals surface area contributed by atoms with E-state index in [0.29, 0.717) is 0 Å². The van der Waals surface area contributed by atoms with Gasteiger partial charge in [0.2, 0.25) is 15.9 Å². The van der Waals surface area contributed by atoms with E-state index in [1.807, 2.05) is 0 Å². The van der Waals surface area contributed by atoms with Crippen molar-refractivity contribution < 1.29 is 22.4 Å². The van der Waals surface area contributed by atoms with Crippen molar-refractivity contribution in [3.63, 3.8) is 0 Å². The van der Waals surface area contributed by atoms with Gasteiger partial charge >= 0.3 is 0 Å². The number of nitrogens with zero attached hydrogens (tertiary/aromatic N) is 1. The lowest BCUT2D eigenvalue weighted by Gasteiger charge is -2.12. The van der Waals surface area contributed by atoms with Crippen LogP contribution in [0.25, 0.3) is 0 Å². The van der Waals surface area contributed by atoms with Crippen molar-refractivity contribution in [2.24, 2.45) is 0 Å². The molecular formula is C17H17ClFN3O4S. The molecule has 2 amide bonds. The molecule has 0 spiro atoms. The molecule has 0 atom stereocenters. The van der Waals surface area contributed by atoms with Crippen molar-refractivity contribution in [2.75, 3.05) is 26.0 Å². The lowest BCUT2D eigenvalue weighted by atomic mass is 10.2. The second-order valence-electron chi connectivity index (χ2n) is 5.68. The third-order valence-electron chi connectivity index (χ3n) is 3.49. The topological polar surface area (TPSA) is 95.6 Å². The van der Waals surface area contributed by atoms with Gasteiger partial charge in [0.05, 0.1) is 16.5 Å². The Hall–Kier alpha value is -2.49. The first-order valence-corrected chi connectivity index (χ1v) is 9.49. The molecular weight excluding hydrogens is 397 g/mol. The molecule has 144 valence electrons. The zero-order valence-corrected chi connectivity index (χ0v) is 16.1. The van der Waals surface area contributed by atoms with Crippen molar-refractivity contribution in [3.05, 3.63) is 58.9 Å². The van der Waals surface area contributed by atoms with E-state index in [-0.39, 0.29) is 27.7 Å². The molecule has 0 aliphatic rings. The number of anilines is 1. The van der Waals surface area contributed by atoms with Gasteiger partial charge in [-0.1, -0.05) is 17.7 Å². The Morgan fingerprint density at radius 1 is 1.15 bits per heavy atom. The molecule has 0 aliphatic heterocycles. The highest BCUT2D eigenvalue weighted by Gasteiger charge is 2.19. The average Bonchev–Trinajstić information content (AvgIpc) is 2.62. The quantitative estimate of drug-likeness (QED) is 0.758. The second kappa shape index (κ2) is 8.47. The molecule has 0 fully saturated rings. The second-order valence-corrected chi connectivity index (χ2v) is 8.23. The Labute approximate surface area is 161 Å². The van der Waals surface area contributed by atoms with Gasteiger partial charge in [-0.25, -0.2) is 17.1 Å². The van der Waals surface area contributed by atoms with E-state index in [1.54, 1.807) is 0 Å². The van der Waals surface area contributed by atoms with Crippen LogP contribution in [0, 0.1) is 5.82 Å². The number of carbonyl (C=O) groups excluding carboxylic acids is 2. The molecule has 0 saturated heterocycles. The lowest BCUT2D eigenvalue weighted by Crippen LogP contribution is -2.33. The predicted molar refractivity (Wildman–Crippen MR) is 99.7 cm³/mol. The minimum atomic E-state index is -3.68. The van der Waals surface area contributed by atoms with E-state index in [2.05, 4.69) is 10.6 Å². The van der Waals surface area contributed by atoms with Crippen LogP contribution in [0.2, 0.25) is 5.02 Å². The summed E-state index contributed by atoms with van der Waals surface area (Å²) in [6.07, 6.45) is 0. The van der Waals surface area contributed by atoms with Crippen molar-refractivity contribution in [1.29, 1.82) is 0 Å². The van der Waals surface area contributed by atoms with E-state index in [1.165, 1.54) is 50.5 Å². The Kier molecular flexibility index (Phi) is 6.53. The first-order chi connectivity index (χ1) is 12.6. The molecule has 27 heavy (non-hydrogen) atoms. The van der Waals surface area contributed by atoms with Crippen molar-refractivity contribution in [2.45, 2.75) is 4.90 Å². The van der Waals surface area contributed by atoms with Gasteiger partial charge in [0, 0.05) is 25.3 Å². The summed E-state index contributed by atoms with van der Waals surface area (Å²) in [4.78, 5) is 24.0. The molecule has 2 rings (SSSR count). The first kappa shape index (κ1) is 20.8. The molecule has 10 heteroatoms. The molecule has 0 bridgehead atoms. The Balaban J connectivity index is 2.01. The summed E-state index contributed by atoms with van der Waals surface area (Å²) in [5, 5.41) is 4.70. The molecule has 0 saturated carbocycles. The smallest absolute Gasteiger partial charge is 0.251 e. The van der Waals surface area contributed by atoms with Crippen LogP contribution in [0.3, 0.4) is 0 Å². The maximum atomic E-state index is 13.1. The highest BCUT2D eigenvalue weighted by molar-refractivity contribution is 7.89. The third kappa shape index (κ3) is 5.25. The van der Waals surface area contributed by atoms with Gasteiger partial charge in [-0.3, -0.25) is 9.59 Å². The standard InChI is InChI=1S/C17H17ClFN3O4S/c1-22(2)27(25,26)13-5-3-4-11(8-13)17(24)20-10-16(23)21-12-6-7-15(19)14(18)9-12/h3-9H,10H2,1-2H3,(H,20,24)(H,21,23). The number of hydrogen-bond donors (Lipinski definition) is 2. The average molecular weight is 414 g/mol. The third-order valence-corrected chi connectivity index (χ3v) is 5.59. The van der Waals surface area contributed by atoms with Crippen molar-refractivity contribution >= 4 is 39.1 Å². The number of halogens is 2. The van der Waals surface area contributed by atoms with Crippen LogP contribution in [-0.4, -0.2) is 45.2 Å². The van der Waals surface area contributed by atoms with Crippen LogP contribution >= 0.6 is 11.6 Å². The van der Waals surface area contributed by atoms with E-state index in [9.17, 15) is 22.4 Å². The summed E-state index contributed by atoms with van der Waals surface area (Å²) in [6, 6.07) is 9.14. The monoisotopic (exact) mass is 413 g/mol. The van der Waals surface area contributed by atoms with Crippen LogP contribution in [0.1, 0.15) is 10.4 Å². The van der Waals surface area contributed by atoms with Crippen LogP contribution < -0.4 is 10.6 Å². The molecule has 0 aromatic heterocycles. The first-order valence-electron chi connectivity index (χ1n) is 7.67. The zero-order chi connectivity index (χ0) is 20.2. The van der Waals surface area contributed by atoms with Crippen LogP contribution in [0.4, 0.5) is 10.1 Å². The van der Waals surface area contributed by atoms with E-state index >= 15 is 0 Å².